The zero-order valence-corrected chi connectivity index (χ0v) is 8.03. The molecule has 0 bridgehead atoms. The van der Waals surface area contributed by atoms with E-state index in [9.17, 15) is 9.18 Å². The van der Waals surface area contributed by atoms with Gasteiger partial charge in [0.25, 0.3) is 0 Å². The summed E-state index contributed by atoms with van der Waals surface area (Å²) in [7, 11) is 0. The molecule has 0 saturated carbocycles. The Morgan fingerprint density at radius 3 is 2.80 bits per heavy atom. The molecule has 2 rings (SSSR count). The maximum Gasteiger partial charge on any atom is 0.335 e. The fourth-order valence-corrected chi connectivity index (χ4v) is 1.38. The summed E-state index contributed by atoms with van der Waals surface area (Å²) < 4.78 is 18.1. The van der Waals surface area contributed by atoms with Crippen molar-refractivity contribution in [1.82, 2.24) is 0 Å². The molecule has 78 valence electrons. The zero-order chi connectivity index (χ0) is 11.0. The minimum atomic E-state index is -1.19. The molecule has 0 fully saturated rings. The maximum absolute atomic E-state index is 12.9. The Hall–Kier alpha value is -1.84. The molecule has 0 aliphatic rings. The van der Waals surface area contributed by atoms with Crippen molar-refractivity contribution in [3.05, 3.63) is 35.6 Å². The Bertz CT molecular complexity index is 514. The van der Waals surface area contributed by atoms with Gasteiger partial charge in [-0.1, -0.05) is 6.07 Å². The number of fused-ring (bicyclic) bond motifs is 1. The summed E-state index contributed by atoms with van der Waals surface area (Å²) in [6.07, 6.45) is -1.19. The monoisotopic (exact) mass is 208 g/mol. The fraction of sp³-hybridized carbons (Fsp3) is 0.182. The molecule has 0 amide bonds. The van der Waals surface area contributed by atoms with Gasteiger partial charge in [-0.2, -0.15) is 0 Å². The third-order valence-corrected chi connectivity index (χ3v) is 2.18. The number of hydrogen-bond donors (Lipinski definition) is 1. The van der Waals surface area contributed by atoms with Crippen molar-refractivity contribution < 1.29 is 18.7 Å². The molecule has 1 aromatic carbocycles. The SMILES string of the molecule is CC(F)c1cc2ccc(C(=O)O)cc2o1. The number of aromatic carboxylic acids is 1. The molecular formula is C11H9FO3. The average Bonchev–Trinajstić information content (AvgIpc) is 2.59. The topological polar surface area (TPSA) is 50.4 Å². The molecule has 0 spiro atoms. The van der Waals surface area contributed by atoms with Crippen LogP contribution >= 0.6 is 0 Å². The van der Waals surface area contributed by atoms with E-state index in [1.165, 1.54) is 19.1 Å². The molecule has 0 aliphatic carbocycles. The number of hydrogen-bond acceptors (Lipinski definition) is 2. The van der Waals surface area contributed by atoms with E-state index in [-0.39, 0.29) is 11.3 Å². The van der Waals surface area contributed by atoms with E-state index in [1.807, 2.05) is 0 Å². The van der Waals surface area contributed by atoms with E-state index in [0.29, 0.717) is 11.0 Å². The van der Waals surface area contributed by atoms with Crippen LogP contribution in [0.4, 0.5) is 4.39 Å². The number of furan rings is 1. The number of carboxylic acids is 1. The number of benzene rings is 1. The molecule has 15 heavy (non-hydrogen) atoms. The Morgan fingerprint density at radius 1 is 1.47 bits per heavy atom. The van der Waals surface area contributed by atoms with Gasteiger partial charge in [-0.05, 0) is 25.1 Å². The van der Waals surface area contributed by atoms with Crippen molar-refractivity contribution in [2.45, 2.75) is 13.1 Å². The second-order valence-electron chi connectivity index (χ2n) is 3.32. The van der Waals surface area contributed by atoms with Crippen LogP contribution in [-0.2, 0) is 0 Å². The quantitative estimate of drug-likeness (QED) is 0.824. The highest BCUT2D eigenvalue weighted by atomic mass is 19.1. The number of rotatable bonds is 2. The molecule has 0 saturated heterocycles. The molecule has 1 N–H and O–H groups in total. The molecular weight excluding hydrogens is 199 g/mol. The minimum Gasteiger partial charge on any atom is -0.478 e. The lowest BCUT2D eigenvalue weighted by atomic mass is 10.1. The van der Waals surface area contributed by atoms with Crippen LogP contribution in [0.3, 0.4) is 0 Å². The van der Waals surface area contributed by atoms with Crippen LogP contribution in [0, 0.1) is 0 Å². The molecule has 1 atom stereocenters. The summed E-state index contributed by atoms with van der Waals surface area (Å²) in [4.78, 5) is 10.7. The van der Waals surface area contributed by atoms with E-state index >= 15 is 0 Å². The van der Waals surface area contributed by atoms with E-state index in [2.05, 4.69) is 0 Å². The van der Waals surface area contributed by atoms with Crippen LogP contribution in [0.5, 0.6) is 0 Å². The van der Waals surface area contributed by atoms with Crippen molar-refractivity contribution in [2.24, 2.45) is 0 Å². The van der Waals surface area contributed by atoms with Crippen molar-refractivity contribution in [3.63, 3.8) is 0 Å². The van der Waals surface area contributed by atoms with E-state index < -0.39 is 12.1 Å². The summed E-state index contributed by atoms with van der Waals surface area (Å²) in [5.74, 6) is -0.810. The Balaban J connectivity index is 2.57. The zero-order valence-electron chi connectivity index (χ0n) is 8.03. The van der Waals surface area contributed by atoms with E-state index in [0.717, 1.165) is 0 Å². The molecule has 1 heterocycles. The van der Waals surface area contributed by atoms with E-state index in [1.54, 1.807) is 12.1 Å². The maximum atomic E-state index is 12.9. The van der Waals surface area contributed by atoms with Crippen LogP contribution in [0.2, 0.25) is 0 Å². The highest BCUT2D eigenvalue weighted by molar-refractivity contribution is 5.92. The smallest absolute Gasteiger partial charge is 0.335 e. The summed E-state index contributed by atoms with van der Waals surface area (Å²) >= 11 is 0. The molecule has 0 aliphatic heterocycles. The van der Waals surface area contributed by atoms with Crippen LogP contribution in [-0.4, -0.2) is 11.1 Å². The number of halogens is 1. The first-order chi connectivity index (χ1) is 7.08. The van der Waals surface area contributed by atoms with Crippen molar-refractivity contribution in [2.75, 3.05) is 0 Å². The number of alkyl halides is 1. The fourth-order valence-electron chi connectivity index (χ4n) is 1.38. The molecule has 1 unspecified atom stereocenters. The van der Waals surface area contributed by atoms with Crippen molar-refractivity contribution in [1.29, 1.82) is 0 Å². The lowest BCUT2D eigenvalue weighted by Gasteiger charge is -1.93. The first-order valence-electron chi connectivity index (χ1n) is 4.49. The second kappa shape index (κ2) is 3.38. The highest BCUT2D eigenvalue weighted by Crippen LogP contribution is 2.26. The molecule has 3 nitrogen and oxygen atoms in total. The summed E-state index contributed by atoms with van der Waals surface area (Å²) in [6.45, 7) is 1.37. The van der Waals surface area contributed by atoms with E-state index in [4.69, 9.17) is 9.52 Å². The van der Waals surface area contributed by atoms with Gasteiger partial charge in [0.15, 0.2) is 6.17 Å². The van der Waals surface area contributed by atoms with Crippen LogP contribution in [0.25, 0.3) is 11.0 Å². The van der Waals surface area contributed by atoms with Gasteiger partial charge < -0.3 is 9.52 Å². The summed E-state index contributed by atoms with van der Waals surface area (Å²) in [5.41, 5.74) is 0.532. The van der Waals surface area contributed by atoms with Gasteiger partial charge >= 0.3 is 5.97 Å². The van der Waals surface area contributed by atoms with Crippen LogP contribution < -0.4 is 0 Å². The second-order valence-corrected chi connectivity index (χ2v) is 3.32. The Morgan fingerprint density at radius 2 is 2.20 bits per heavy atom. The van der Waals surface area contributed by atoms with Gasteiger partial charge in [0.2, 0.25) is 0 Å². The van der Waals surface area contributed by atoms with Crippen molar-refractivity contribution in [3.8, 4) is 0 Å². The largest absolute Gasteiger partial charge is 0.478 e. The van der Waals surface area contributed by atoms with Gasteiger partial charge in [0.05, 0.1) is 5.56 Å². The first kappa shape index (κ1) is 9.71. The predicted octanol–water partition coefficient (Wildman–Crippen LogP) is 3.16. The third-order valence-electron chi connectivity index (χ3n) is 2.18. The standard InChI is InChI=1S/C11H9FO3/c1-6(12)9-4-7-2-3-8(11(13)14)5-10(7)15-9/h2-6H,1H3,(H,13,14). The predicted molar refractivity (Wildman–Crippen MR) is 52.7 cm³/mol. The highest BCUT2D eigenvalue weighted by Gasteiger charge is 2.11. The van der Waals surface area contributed by atoms with Gasteiger partial charge in [-0.15, -0.1) is 0 Å². The Labute approximate surface area is 85.1 Å². The summed E-state index contributed by atoms with van der Waals surface area (Å²) in [5, 5.41) is 9.45. The summed E-state index contributed by atoms with van der Waals surface area (Å²) in [6, 6.07) is 6.04. The van der Waals surface area contributed by atoms with Gasteiger partial charge in [0, 0.05) is 5.39 Å². The van der Waals surface area contributed by atoms with Gasteiger partial charge in [-0.25, -0.2) is 9.18 Å². The average molecular weight is 208 g/mol. The Kier molecular flexibility index (Phi) is 2.19. The van der Waals surface area contributed by atoms with Crippen LogP contribution in [0.15, 0.2) is 28.7 Å². The van der Waals surface area contributed by atoms with Crippen LogP contribution in [0.1, 0.15) is 29.2 Å². The molecule has 0 radical (unpaired) electrons. The number of carbonyl (C=O) groups is 1. The third kappa shape index (κ3) is 1.70. The first-order valence-corrected chi connectivity index (χ1v) is 4.49. The molecule has 2 aromatic rings. The van der Waals surface area contributed by atoms with Gasteiger partial charge in [-0.3, -0.25) is 0 Å². The molecule has 1 aromatic heterocycles. The molecule has 4 heteroatoms. The number of carboxylic acid groups (broad SMARTS) is 1. The van der Waals surface area contributed by atoms with Gasteiger partial charge in [0.1, 0.15) is 11.3 Å². The lowest BCUT2D eigenvalue weighted by Crippen LogP contribution is -1.94. The van der Waals surface area contributed by atoms with Crippen molar-refractivity contribution >= 4 is 16.9 Å². The minimum absolute atomic E-state index is 0.134. The lowest BCUT2D eigenvalue weighted by molar-refractivity contribution is 0.0697. The normalized spacial score (nSPS) is 12.9.